The highest BCUT2D eigenvalue weighted by molar-refractivity contribution is 5.93. The van der Waals surface area contributed by atoms with Crippen molar-refractivity contribution in [3.63, 3.8) is 0 Å². The van der Waals surface area contributed by atoms with E-state index in [1.165, 1.54) is 6.07 Å². The van der Waals surface area contributed by atoms with Crippen molar-refractivity contribution in [2.24, 2.45) is 0 Å². The quantitative estimate of drug-likeness (QED) is 0.708. The van der Waals surface area contributed by atoms with E-state index in [9.17, 15) is 9.18 Å². The molecule has 0 saturated heterocycles. The van der Waals surface area contributed by atoms with Crippen LogP contribution in [-0.2, 0) is 0 Å². The lowest BCUT2D eigenvalue weighted by Crippen LogP contribution is -1.99. The predicted octanol–water partition coefficient (Wildman–Crippen LogP) is 3.24. The van der Waals surface area contributed by atoms with Crippen LogP contribution in [0.2, 0.25) is 0 Å². The van der Waals surface area contributed by atoms with Gasteiger partial charge in [-0.3, -0.25) is 4.79 Å². The topological polar surface area (TPSA) is 22.0 Å². The molecule has 0 amide bonds. The SMILES string of the molecule is Cc1c(C=O)n(C2CC2)c2cccc(F)c12. The fourth-order valence-corrected chi connectivity index (χ4v) is 2.39. The maximum absolute atomic E-state index is 13.7. The second-order valence-corrected chi connectivity index (χ2v) is 4.36. The smallest absolute Gasteiger partial charge is 0.166 e. The van der Waals surface area contributed by atoms with E-state index in [-0.39, 0.29) is 5.82 Å². The first-order chi connectivity index (χ1) is 7.74. The zero-order chi connectivity index (χ0) is 11.3. The normalized spacial score (nSPS) is 15.6. The third kappa shape index (κ3) is 1.14. The van der Waals surface area contributed by atoms with Crippen LogP contribution >= 0.6 is 0 Å². The van der Waals surface area contributed by atoms with E-state index < -0.39 is 0 Å². The summed E-state index contributed by atoms with van der Waals surface area (Å²) in [7, 11) is 0. The van der Waals surface area contributed by atoms with Crippen LogP contribution in [0.25, 0.3) is 10.9 Å². The van der Waals surface area contributed by atoms with Gasteiger partial charge in [-0.2, -0.15) is 0 Å². The molecule has 16 heavy (non-hydrogen) atoms. The molecular weight excluding hydrogens is 205 g/mol. The number of aldehydes is 1. The molecular formula is C13H12FNO. The molecule has 0 spiro atoms. The van der Waals surface area contributed by atoms with Crippen molar-refractivity contribution >= 4 is 17.2 Å². The molecule has 3 rings (SSSR count). The summed E-state index contributed by atoms with van der Waals surface area (Å²) in [5.74, 6) is -0.238. The van der Waals surface area contributed by atoms with Gasteiger partial charge in [-0.1, -0.05) is 6.07 Å². The molecule has 0 unspecified atom stereocenters. The largest absolute Gasteiger partial charge is 0.335 e. The Balaban J connectivity index is 2.45. The molecule has 2 aromatic rings. The number of carbonyl (C=O) groups excluding carboxylic acids is 1. The van der Waals surface area contributed by atoms with Crippen LogP contribution in [0.15, 0.2) is 18.2 Å². The Labute approximate surface area is 92.7 Å². The summed E-state index contributed by atoms with van der Waals surface area (Å²) in [6.45, 7) is 1.81. The van der Waals surface area contributed by atoms with Crippen molar-refractivity contribution in [3.05, 3.63) is 35.3 Å². The average molecular weight is 217 g/mol. The average Bonchev–Trinajstić information content (AvgIpc) is 3.05. The molecule has 0 bridgehead atoms. The lowest BCUT2D eigenvalue weighted by atomic mass is 10.1. The van der Waals surface area contributed by atoms with Gasteiger partial charge in [0.2, 0.25) is 0 Å². The zero-order valence-corrected chi connectivity index (χ0v) is 9.03. The monoisotopic (exact) mass is 217 g/mol. The van der Waals surface area contributed by atoms with Gasteiger partial charge in [0, 0.05) is 11.4 Å². The number of rotatable bonds is 2. The van der Waals surface area contributed by atoms with Gasteiger partial charge < -0.3 is 4.57 Å². The van der Waals surface area contributed by atoms with Gasteiger partial charge in [-0.05, 0) is 37.5 Å². The van der Waals surface area contributed by atoms with Gasteiger partial charge in [-0.25, -0.2) is 4.39 Å². The van der Waals surface area contributed by atoms with Gasteiger partial charge >= 0.3 is 0 Å². The number of nitrogens with zero attached hydrogens (tertiary/aromatic N) is 1. The van der Waals surface area contributed by atoms with Crippen LogP contribution in [0.5, 0.6) is 0 Å². The highest BCUT2D eigenvalue weighted by atomic mass is 19.1. The molecule has 1 aromatic carbocycles. The summed E-state index contributed by atoms with van der Waals surface area (Å²) in [5.41, 5.74) is 2.24. The van der Waals surface area contributed by atoms with Crippen molar-refractivity contribution < 1.29 is 9.18 Å². The van der Waals surface area contributed by atoms with Crippen molar-refractivity contribution in [2.75, 3.05) is 0 Å². The van der Waals surface area contributed by atoms with Crippen LogP contribution in [0.1, 0.15) is 34.9 Å². The Morgan fingerprint density at radius 3 is 2.81 bits per heavy atom. The number of carbonyl (C=O) groups is 1. The minimum atomic E-state index is -0.238. The van der Waals surface area contributed by atoms with Crippen molar-refractivity contribution in [2.45, 2.75) is 25.8 Å². The van der Waals surface area contributed by atoms with E-state index in [4.69, 9.17) is 0 Å². The number of halogens is 1. The standard InChI is InChI=1S/C13H12FNO/c1-8-12(7-16)15(9-5-6-9)11-4-2-3-10(14)13(8)11/h2-4,7,9H,5-6H2,1H3. The predicted molar refractivity (Wildman–Crippen MR) is 60.3 cm³/mol. The number of aryl methyl sites for hydroxylation is 1. The Bertz CT molecular complexity index is 581. The van der Waals surface area contributed by atoms with E-state index >= 15 is 0 Å². The number of aromatic nitrogens is 1. The molecule has 82 valence electrons. The summed E-state index contributed by atoms with van der Waals surface area (Å²) in [5, 5.41) is 0.594. The Morgan fingerprint density at radius 1 is 1.44 bits per heavy atom. The molecule has 3 heteroatoms. The maximum atomic E-state index is 13.7. The van der Waals surface area contributed by atoms with Gasteiger partial charge in [0.25, 0.3) is 0 Å². The van der Waals surface area contributed by atoms with E-state index in [2.05, 4.69) is 0 Å². The van der Waals surface area contributed by atoms with Crippen LogP contribution < -0.4 is 0 Å². The lowest BCUT2D eigenvalue weighted by molar-refractivity contribution is 0.111. The first-order valence-corrected chi connectivity index (χ1v) is 5.48. The second kappa shape index (κ2) is 3.17. The summed E-state index contributed by atoms with van der Waals surface area (Å²) in [4.78, 5) is 11.1. The summed E-state index contributed by atoms with van der Waals surface area (Å²) in [6.07, 6.45) is 3.01. The molecule has 0 radical (unpaired) electrons. The molecule has 2 nitrogen and oxygen atoms in total. The van der Waals surface area contributed by atoms with Crippen LogP contribution in [0, 0.1) is 12.7 Å². The van der Waals surface area contributed by atoms with E-state index in [1.54, 1.807) is 6.07 Å². The van der Waals surface area contributed by atoms with Gasteiger partial charge in [0.15, 0.2) is 6.29 Å². The maximum Gasteiger partial charge on any atom is 0.166 e. The first-order valence-electron chi connectivity index (χ1n) is 5.48. The molecule has 0 aliphatic heterocycles. The van der Waals surface area contributed by atoms with Crippen LogP contribution in [0.3, 0.4) is 0 Å². The molecule has 0 N–H and O–H groups in total. The molecule has 1 aliphatic rings. The number of fused-ring (bicyclic) bond motifs is 1. The Morgan fingerprint density at radius 2 is 2.19 bits per heavy atom. The van der Waals surface area contributed by atoms with Gasteiger partial charge in [0.1, 0.15) is 5.82 Å². The minimum absolute atomic E-state index is 0.238. The summed E-state index contributed by atoms with van der Waals surface area (Å²) < 4.78 is 15.7. The van der Waals surface area contributed by atoms with Crippen molar-refractivity contribution in [1.82, 2.24) is 4.57 Å². The minimum Gasteiger partial charge on any atom is -0.335 e. The summed E-state index contributed by atoms with van der Waals surface area (Å²) in [6, 6.07) is 5.42. The van der Waals surface area contributed by atoms with Gasteiger partial charge in [-0.15, -0.1) is 0 Å². The van der Waals surface area contributed by atoms with E-state index in [1.807, 2.05) is 17.6 Å². The van der Waals surface area contributed by atoms with Crippen LogP contribution in [-0.4, -0.2) is 10.9 Å². The molecule has 1 aliphatic carbocycles. The Hall–Kier alpha value is -1.64. The van der Waals surface area contributed by atoms with Crippen molar-refractivity contribution in [1.29, 1.82) is 0 Å². The number of hydrogen-bond donors (Lipinski definition) is 0. The molecule has 1 aromatic heterocycles. The third-order valence-corrected chi connectivity index (χ3v) is 3.29. The molecule has 1 fully saturated rings. The lowest BCUT2D eigenvalue weighted by Gasteiger charge is -2.04. The highest BCUT2D eigenvalue weighted by Gasteiger charge is 2.29. The fraction of sp³-hybridized carbons (Fsp3) is 0.308. The van der Waals surface area contributed by atoms with Crippen LogP contribution in [0.4, 0.5) is 4.39 Å². The number of hydrogen-bond acceptors (Lipinski definition) is 1. The van der Waals surface area contributed by atoms with Crippen molar-refractivity contribution in [3.8, 4) is 0 Å². The molecule has 1 saturated carbocycles. The summed E-state index contributed by atoms with van der Waals surface area (Å²) >= 11 is 0. The second-order valence-electron chi connectivity index (χ2n) is 4.36. The number of benzene rings is 1. The molecule has 0 atom stereocenters. The van der Waals surface area contributed by atoms with Gasteiger partial charge in [0.05, 0.1) is 11.2 Å². The fourth-order valence-electron chi connectivity index (χ4n) is 2.39. The van der Waals surface area contributed by atoms with E-state index in [0.29, 0.717) is 17.1 Å². The van der Waals surface area contributed by atoms with E-state index in [0.717, 1.165) is 30.2 Å². The third-order valence-electron chi connectivity index (χ3n) is 3.29. The Kier molecular flexibility index (Phi) is 1.90. The highest BCUT2D eigenvalue weighted by Crippen LogP contribution is 2.41. The molecule has 1 heterocycles. The first kappa shape index (κ1) is 9.58. The zero-order valence-electron chi connectivity index (χ0n) is 9.03.